The fourth-order valence-electron chi connectivity index (χ4n) is 1.78. The van der Waals surface area contributed by atoms with Gasteiger partial charge in [0.1, 0.15) is 6.04 Å². The van der Waals surface area contributed by atoms with E-state index >= 15 is 0 Å². The Kier molecular flexibility index (Phi) is 7.27. The van der Waals surface area contributed by atoms with Crippen molar-refractivity contribution in [1.29, 1.82) is 0 Å². The molecule has 0 saturated carbocycles. The Morgan fingerprint density at radius 2 is 1.83 bits per heavy atom. The topological polar surface area (TPSA) is 77.8 Å². The first-order valence-electron chi connectivity index (χ1n) is 6.07. The smallest absolute Gasteiger partial charge is 0.320 e. The fraction of sp³-hybridized carbons (Fsp3) is 0.692. The molecule has 1 atom stereocenters. The van der Waals surface area contributed by atoms with Crippen LogP contribution in [0.4, 0.5) is 0 Å². The molecule has 0 bridgehead atoms. The number of hydrogen-bond acceptors (Lipinski definition) is 3. The fourth-order valence-corrected chi connectivity index (χ4v) is 1.78. The van der Waals surface area contributed by atoms with E-state index in [0.717, 1.165) is 5.57 Å². The summed E-state index contributed by atoms with van der Waals surface area (Å²) in [6, 6.07) is -0.652. The first-order valence-corrected chi connectivity index (χ1v) is 6.07. The SMILES string of the molecule is C=C(C)CN(CCC(=O)O)C(CC(C)C)C(=O)O. The molecule has 0 saturated heterocycles. The lowest BCUT2D eigenvalue weighted by Crippen LogP contribution is -2.43. The Hall–Kier alpha value is -1.36. The third-order valence-corrected chi connectivity index (χ3v) is 2.51. The second-order valence-electron chi connectivity index (χ2n) is 5.05. The van der Waals surface area contributed by atoms with E-state index in [-0.39, 0.29) is 18.9 Å². The van der Waals surface area contributed by atoms with Crippen LogP contribution in [0.1, 0.15) is 33.6 Å². The number of hydrogen-bond donors (Lipinski definition) is 2. The minimum absolute atomic E-state index is 0.0604. The second-order valence-corrected chi connectivity index (χ2v) is 5.05. The van der Waals surface area contributed by atoms with Crippen molar-refractivity contribution in [3.8, 4) is 0 Å². The molecule has 2 N–H and O–H groups in total. The Bertz CT molecular complexity index is 312. The summed E-state index contributed by atoms with van der Waals surface area (Å²) in [5, 5.41) is 18.0. The van der Waals surface area contributed by atoms with Crippen molar-refractivity contribution in [2.24, 2.45) is 5.92 Å². The van der Waals surface area contributed by atoms with Gasteiger partial charge in [-0.1, -0.05) is 26.0 Å². The zero-order chi connectivity index (χ0) is 14.3. The summed E-state index contributed by atoms with van der Waals surface area (Å²) in [6.45, 7) is 10.1. The van der Waals surface area contributed by atoms with Crippen LogP contribution >= 0.6 is 0 Å². The largest absolute Gasteiger partial charge is 0.481 e. The van der Waals surface area contributed by atoms with Crippen LogP contribution in [0.3, 0.4) is 0 Å². The highest BCUT2D eigenvalue weighted by molar-refractivity contribution is 5.73. The van der Waals surface area contributed by atoms with Crippen LogP contribution in [-0.2, 0) is 9.59 Å². The third kappa shape index (κ3) is 7.06. The molecule has 104 valence electrons. The number of carboxylic acid groups (broad SMARTS) is 2. The zero-order valence-electron chi connectivity index (χ0n) is 11.3. The number of carboxylic acids is 2. The molecule has 0 aromatic carbocycles. The molecule has 0 spiro atoms. The number of carbonyl (C=O) groups is 2. The van der Waals surface area contributed by atoms with Crippen LogP contribution in [0.5, 0.6) is 0 Å². The van der Waals surface area contributed by atoms with Gasteiger partial charge in [-0.05, 0) is 19.3 Å². The van der Waals surface area contributed by atoms with E-state index < -0.39 is 18.0 Å². The van der Waals surface area contributed by atoms with Gasteiger partial charge in [-0.3, -0.25) is 14.5 Å². The molecule has 0 aliphatic carbocycles. The first kappa shape index (κ1) is 16.6. The van der Waals surface area contributed by atoms with Gasteiger partial charge in [-0.15, -0.1) is 0 Å². The second kappa shape index (κ2) is 7.87. The normalized spacial score (nSPS) is 12.7. The monoisotopic (exact) mass is 257 g/mol. The van der Waals surface area contributed by atoms with Crippen molar-refractivity contribution in [2.45, 2.75) is 39.7 Å². The molecule has 5 heteroatoms. The molecule has 0 aromatic rings. The van der Waals surface area contributed by atoms with E-state index in [2.05, 4.69) is 6.58 Å². The van der Waals surface area contributed by atoms with Gasteiger partial charge in [-0.2, -0.15) is 0 Å². The summed E-state index contributed by atoms with van der Waals surface area (Å²) in [5.41, 5.74) is 0.829. The molecule has 0 amide bonds. The maximum atomic E-state index is 11.3. The van der Waals surface area contributed by atoms with E-state index in [1.165, 1.54) is 0 Å². The maximum Gasteiger partial charge on any atom is 0.320 e. The summed E-state index contributed by atoms with van der Waals surface area (Å²) >= 11 is 0. The molecule has 0 aliphatic rings. The van der Waals surface area contributed by atoms with Crippen LogP contribution in [0.25, 0.3) is 0 Å². The minimum Gasteiger partial charge on any atom is -0.481 e. The maximum absolute atomic E-state index is 11.3. The van der Waals surface area contributed by atoms with Crippen LogP contribution in [-0.4, -0.2) is 46.2 Å². The van der Waals surface area contributed by atoms with Crippen LogP contribution < -0.4 is 0 Å². The predicted octanol–water partition coefficient (Wildman–Crippen LogP) is 1.84. The van der Waals surface area contributed by atoms with Crippen molar-refractivity contribution < 1.29 is 19.8 Å². The highest BCUT2D eigenvalue weighted by atomic mass is 16.4. The summed E-state index contributed by atoms with van der Waals surface area (Å²) in [5.74, 6) is -1.59. The molecular formula is C13H23NO4. The zero-order valence-corrected chi connectivity index (χ0v) is 11.3. The van der Waals surface area contributed by atoms with Gasteiger partial charge < -0.3 is 10.2 Å². The standard InChI is InChI=1S/C13H23NO4/c1-9(2)7-11(13(17)18)14(8-10(3)4)6-5-12(15)16/h9,11H,3,5-8H2,1-2,4H3,(H,15,16)(H,17,18). The van der Waals surface area contributed by atoms with Crippen LogP contribution in [0, 0.1) is 5.92 Å². The number of aliphatic carboxylic acids is 2. The van der Waals surface area contributed by atoms with E-state index in [1.54, 1.807) is 4.90 Å². The van der Waals surface area contributed by atoms with Crippen LogP contribution in [0.2, 0.25) is 0 Å². The summed E-state index contributed by atoms with van der Waals surface area (Å²) < 4.78 is 0. The quantitative estimate of drug-likeness (QED) is 0.616. The molecule has 5 nitrogen and oxygen atoms in total. The van der Waals surface area contributed by atoms with Crippen LogP contribution in [0.15, 0.2) is 12.2 Å². The Labute approximate surface area is 108 Å². The molecule has 0 aliphatic heterocycles. The van der Waals surface area contributed by atoms with E-state index in [4.69, 9.17) is 5.11 Å². The van der Waals surface area contributed by atoms with Crippen molar-refractivity contribution >= 4 is 11.9 Å². The lowest BCUT2D eigenvalue weighted by atomic mass is 10.0. The van der Waals surface area contributed by atoms with Gasteiger partial charge in [0.05, 0.1) is 6.42 Å². The molecule has 0 aromatic heterocycles. The van der Waals surface area contributed by atoms with E-state index in [0.29, 0.717) is 13.0 Å². The summed E-state index contributed by atoms with van der Waals surface area (Å²) in [7, 11) is 0. The lowest BCUT2D eigenvalue weighted by Gasteiger charge is -2.29. The van der Waals surface area contributed by atoms with Crippen molar-refractivity contribution in [3.05, 3.63) is 12.2 Å². The Balaban J connectivity index is 4.78. The van der Waals surface area contributed by atoms with E-state index in [1.807, 2.05) is 20.8 Å². The van der Waals surface area contributed by atoms with Crippen molar-refractivity contribution in [1.82, 2.24) is 4.90 Å². The number of rotatable bonds is 9. The summed E-state index contributed by atoms with van der Waals surface area (Å²) in [6.07, 6.45) is 0.442. The Morgan fingerprint density at radius 3 is 2.17 bits per heavy atom. The predicted molar refractivity (Wildman–Crippen MR) is 69.5 cm³/mol. The average Bonchev–Trinajstić information content (AvgIpc) is 2.19. The number of nitrogens with zero attached hydrogens (tertiary/aromatic N) is 1. The molecule has 0 rings (SSSR count). The van der Waals surface area contributed by atoms with Gasteiger partial charge in [-0.25, -0.2) is 0 Å². The molecule has 0 heterocycles. The highest BCUT2D eigenvalue weighted by Crippen LogP contribution is 2.14. The average molecular weight is 257 g/mol. The molecular weight excluding hydrogens is 234 g/mol. The van der Waals surface area contributed by atoms with Gasteiger partial charge in [0.25, 0.3) is 0 Å². The summed E-state index contributed by atoms with van der Waals surface area (Å²) in [4.78, 5) is 23.6. The van der Waals surface area contributed by atoms with Gasteiger partial charge >= 0.3 is 11.9 Å². The molecule has 0 fully saturated rings. The molecule has 18 heavy (non-hydrogen) atoms. The lowest BCUT2D eigenvalue weighted by molar-refractivity contribution is -0.145. The first-order chi connectivity index (χ1) is 8.23. The van der Waals surface area contributed by atoms with Crippen molar-refractivity contribution in [2.75, 3.05) is 13.1 Å². The Morgan fingerprint density at radius 1 is 1.28 bits per heavy atom. The van der Waals surface area contributed by atoms with Gasteiger partial charge in [0.15, 0.2) is 0 Å². The minimum atomic E-state index is -0.921. The highest BCUT2D eigenvalue weighted by Gasteiger charge is 2.26. The van der Waals surface area contributed by atoms with Crippen molar-refractivity contribution in [3.63, 3.8) is 0 Å². The molecule has 1 unspecified atom stereocenters. The third-order valence-electron chi connectivity index (χ3n) is 2.51. The van der Waals surface area contributed by atoms with Gasteiger partial charge in [0, 0.05) is 13.1 Å². The molecule has 0 radical (unpaired) electrons. The van der Waals surface area contributed by atoms with E-state index in [9.17, 15) is 14.7 Å². The van der Waals surface area contributed by atoms with Gasteiger partial charge in [0.2, 0.25) is 0 Å².